The van der Waals surface area contributed by atoms with Crippen molar-refractivity contribution in [2.24, 2.45) is 0 Å². The van der Waals surface area contributed by atoms with Crippen LogP contribution in [0, 0.1) is 6.92 Å². The molecule has 0 aromatic carbocycles. The number of nitrogens with zero attached hydrogens (tertiary/aromatic N) is 2. The zero-order valence-electron chi connectivity index (χ0n) is 9.84. The average Bonchev–Trinajstić information content (AvgIpc) is 2.36. The fourth-order valence-corrected chi connectivity index (χ4v) is 2.28. The topological polar surface area (TPSA) is 83.8 Å². The van der Waals surface area contributed by atoms with Crippen LogP contribution in [0.3, 0.4) is 0 Å². The maximum atomic E-state index is 12.2. The third kappa shape index (κ3) is 1.40. The SMILES string of the molecule is Cc1cn2c(c(O)c1=O)C(=O)N1CCOC[C@H]1N2. The Morgan fingerprint density at radius 3 is 3.06 bits per heavy atom. The molecule has 0 aliphatic carbocycles. The van der Waals surface area contributed by atoms with Gasteiger partial charge in [0.15, 0.2) is 11.4 Å². The van der Waals surface area contributed by atoms with Crippen LogP contribution in [0.4, 0.5) is 0 Å². The van der Waals surface area contributed by atoms with Crippen LogP contribution in [0.5, 0.6) is 5.75 Å². The van der Waals surface area contributed by atoms with Crippen molar-refractivity contribution < 1.29 is 14.6 Å². The van der Waals surface area contributed by atoms with Crippen LogP contribution in [0.1, 0.15) is 16.1 Å². The third-order valence-electron chi connectivity index (χ3n) is 3.24. The van der Waals surface area contributed by atoms with Gasteiger partial charge >= 0.3 is 0 Å². The van der Waals surface area contributed by atoms with Crippen LogP contribution in [0.25, 0.3) is 0 Å². The fraction of sp³-hybridized carbons (Fsp3) is 0.455. The van der Waals surface area contributed by atoms with E-state index in [0.29, 0.717) is 25.3 Å². The molecule has 0 radical (unpaired) electrons. The first-order chi connectivity index (χ1) is 8.59. The first kappa shape index (κ1) is 11.1. The number of carbonyl (C=O) groups is 1. The molecular weight excluding hydrogens is 238 g/mol. The Morgan fingerprint density at radius 2 is 2.28 bits per heavy atom. The van der Waals surface area contributed by atoms with E-state index < -0.39 is 11.2 Å². The summed E-state index contributed by atoms with van der Waals surface area (Å²) in [6, 6.07) is 0. The van der Waals surface area contributed by atoms with Crippen molar-refractivity contribution in [2.45, 2.75) is 13.1 Å². The zero-order chi connectivity index (χ0) is 12.9. The van der Waals surface area contributed by atoms with Crippen molar-refractivity contribution >= 4 is 5.91 Å². The molecule has 7 heteroatoms. The number of nitrogens with one attached hydrogen (secondary N) is 1. The van der Waals surface area contributed by atoms with Gasteiger partial charge < -0.3 is 20.2 Å². The molecule has 18 heavy (non-hydrogen) atoms. The second kappa shape index (κ2) is 3.74. The van der Waals surface area contributed by atoms with E-state index in [9.17, 15) is 14.7 Å². The van der Waals surface area contributed by atoms with Crippen LogP contribution in [0.2, 0.25) is 0 Å². The first-order valence-electron chi connectivity index (χ1n) is 5.70. The van der Waals surface area contributed by atoms with Gasteiger partial charge in [-0.2, -0.15) is 0 Å². The molecule has 3 rings (SSSR count). The number of aromatic hydroxyl groups is 1. The number of amides is 1. The molecule has 1 amide bonds. The van der Waals surface area contributed by atoms with Gasteiger partial charge in [-0.05, 0) is 6.92 Å². The number of fused-ring (bicyclic) bond motifs is 2. The molecule has 2 N–H and O–H groups in total. The minimum Gasteiger partial charge on any atom is -0.502 e. The lowest BCUT2D eigenvalue weighted by molar-refractivity contribution is -0.00316. The molecule has 1 atom stereocenters. The van der Waals surface area contributed by atoms with Gasteiger partial charge in [0.05, 0.1) is 13.2 Å². The van der Waals surface area contributed by atoms with Gasteiger partial charge in [0, 0.05) is 18.3 Å². The van der Waals surface area contributed by atoms with Crippen LogP contribution < -0.4 is 10.9 Å². The maximum absolute atomic E-state index is 12.2. The smallest absolute Gasteiger partial charge is 0.278 e. The molecule has 3 heterocycles. The van der Waals surface area contributed by atoms with Gasteiger partial charge in [-0.1, -0.05) is 0 Å². The summed E-state index contributed by atoms with van der Waals surface area (Å²) in [6.45, 7) is 2.88. The number of hydrogen-bond donors (Lipinski definition) is 2. The fourth-order valence-electron chi connectivity index (χ4n) is 2.28. The van der Waals surface area contributed by atoms with E-state index in [1.807, 2.05) is 0 Å². The highest BCUT2D eigenvalue weighted by atomic mass is 16.5. The summed E-state index contributed by atoms with van der Waals surface area (Å²) >= 11 is 0. The Balaban J connectivity index is 2.16. The van der Waals surface area contributed by atoms with Crippen molar-refractivity contribution in [1.29, 1.82) is 0 Å². The van der Waals surface area contributed by atoms with Gasteiger partial charge in [0.2, 0.25) is 5.43 Å². The molecule has 2 aliphatic rings. The summed E-state index contributed by atoms with van der Waals surface area (Å²) in [5, 5.41) is 9.83. The quantitative estimate of drug-likeness (QED) is 0.632. The molecule has 96 valence electrons. The molecule has 7 nitrogen and oxygen atoms in total. The van der Waals surface area contributed by atoms with Crippen LogP contribution in [0.15, 0.2) is 11.0 Å². The van der Waals surface area contributed by atoms with Crippen molar-refractivity contribution in [3.8, 4) is 5.75 Å². The second-order valence-corrected chi connectivity index (χ2v) is 4.43. The van der Waals surface area contributed by atoms with Crippen LogP contribution >= 0.6 is 0 Å². The van der Waals surface area contributed by atoms with Crippen molar-refractivity contribution in [1.82, 2.24) is 9.58 Å². The van der Waals surface area contributed by atoms with Crippen LogP contribution in [-0.2, 0) is 4.74 Å². The predicted octanol–water partition coefficient (Wildman–Crippen LogP) is -0.782. The lowest BCUT2D eigenvalue weighted by Gasteiger charge is -2.41. The van der Waals surface area contributed by atoms with E-state index in [1.54, 1.807) is 11.8 Å². The molecule has 1 aromatic heterocycles. The van der Waals surface area contributed by atoms with E-state index in [-0.39, 0.29) is 17.8 Å². The lowest BCUT2D eigenvalue weighted by Crippen LogP contribution is -2.59. The molecule has 1 saturated heterocycles. The number of rotatable bonds is 0. The molecule has 0 unspecified atom stereocenters. The zero-order valence-corrected chi connectivity index (χ0v) is 9.84. The summed E-state index contributed by atoms with van der Waals surface area (Å²) < 4.78 is 6.70. The maximum Gasteiger partial charge on any atom is 0.278 e. The van der Waals surface area contributed by atoms with Crippen LogP contribution in [-0.4, -0.2) is 46.5 Å². The Morgan fingerprint density at radius 1 is 1.50 bits per heavy atom. The van der Waals surface area contributed by atoms with Gasteiger partial charge in [-0.25, -0.2) is 0 Å². The monoisotopic (exact) mass is 251 g/mol. The van der Waals surface area contributed by atoms with E-state index in [4.69, 9.17) is 4.74 Å². The van der Waals surface area contributed by atoms with Crippen molar-refractivity contribution in [3.63, 3.8) is 0 Å². The summed E-state index contributed by atoms with van der Waals surface area (Å²) in [7, 11) is 0. The van der Waals surface area contributed by atoms with E-state index in [1.165, 1.54) is 10.9 Å². The van der Waals surface area contributed by atoms with Gasteiger partial charge in [-0.15, -0.1) is 0 Å². The van der Waals surface area contributed by atoms with Crippen molar-refractivity contribution in [3.05, 3.63) is 27.7 Å². The van der Waals surface area contributed by atoms with Gasteiger partial charge in [-0.3, -0.25) is 14.3 Å². The summed E-state index contributed by atoms with van der Waals surface area (Å²) in [4.78, 5) is 25.5. The Kier molecular flexibility index (Phi) is 2.30. The van der Waals surface area contributed by atoms with Gasteiger partial charge in [0.1, 0.15) is 6.17 Å². The molecule has 0 bridgehead atoms. The second-order valence-electron chi connectivity index (χ2n) is 4.43. The standard InChI is InChI=1S/C11H13N3O4/c1-6-4-14-8(10(16)9(6)15)11(17)13-2-3-18-5-7(13)12-14/h4,7,12,16H,2-3,5H2,1H3/t7-/m0/s1. The number of aryl methyl sites for hydroxylation is 1. The number of morpholine rings is 1. The highest BCUT2D eigenvalue weighted by molar-refractivity contribution is 5.96. The molecular formula is C11H13N3O4. The highest BCUT2D eigenvalue weighted by Gasteiger charge is 2.36. The Labute approximate surface area is 103 Å². The number of pyridine rings is 1. The van der Waals surface area contributed by atoms with E-state index in [0.717, 1.165) is 0 Å². The number of hydrogen-bond acceptors (Lipinski definition) is 5. The minimum absolute atomic E-state index is 0.0104. The highest BCUT2D eigenvalue weighted by Crippen LogP contribution is 2.22. The Hall–Kier alpha value is -2.02. The summed E-state index contributed by atoms with van der Waals surface area (Å²) in [6.07, 6.45) is 1.25. The molecule has 1 fully saturated rings. The molecule has 0 spiro atoms. The van der Waals surface area contributed by atoms with E-state index in [2.05, 4.69) is 5.43 Å². The number of ether oxygens (including phenoxy) is 1. The summed E-state index contributed by atoms with van der Waals surface area (Å²) in [5.74, 6) is -0.853. The number of aromatic nitrogens is 1. The molecule has 1 aromatic rings. The van der Waals surface area contributed by atoms with Crippen molar-refractivity contribution in [2.75, 3.05) is 25.2 Å². The third-order valence-corrected chi connectivity index (χ3v) is 3.24. The predicted molar refractivity (Wildman–Crippen MR) is 62.1 cm³/mol. The average molecular weight is 251 g/mol. The Bertz CT molecular complexity index is 580. The first-order valence-corrected chi connectivity index (χ1v) is 5.70. The number of carbonyl (C=O) groups excluding carboxylic acids is 1. The lowest BCUT2D eigenvalue weighted by atomic mass is 10.2. The summed E-state index contributed by atoms with van der Waals surface area (Å²) in [5.41, 5.74) is 2.89. The molecule has 2 aliphatic heterocycles. The minimum atomic E-state index is -0.511. The normalized spacial score (nSPS) is 22.2. The van der Waals surface area contributed by atoms with Gasteiger partial charge in [0.25, 0.3) is 5.91 Å². The largest absolute Gasteiger partial charge is 0.502 e. The van der Waals surface area contributed by atoms with E-state index >= 15 is 0 Å². The molecule has 0 saturated carbocycles.